The van der Waals surface area contributed by atoms with E-state index in [0.29, 0.717) is 6.42 Å². The van der Waals surface area contributed by atoms with Gasteiger partial charge < -0.3 is 15.2 Å². The summed E-state index contributed by atoms with van der Waals surface area (Å²) >= 11 is 1.61. The second-order valence-electron chi connectivity index (χ2n) is 5.97. The van der Waals surface area contributed by atoms with E-state index in [0.717, 1.165) is 10.5 Å². The zero-order valence-electron chi connectivity index (χ0n) is 13.4. The number of carbonyl (C=O) groups is 2. The molecule has 122 valence electrons. The smallest absolute Gasteiger partial charge is 0.407 e. The molecule has 0 aromatic heterocycles. The Hall–Kier alpha value is -1.69. The molecule has 0 aliphatic rings. The highest BCUT2D eigenvalue weighted by atomic mass is 32.2. The largest absolute Gasteiger partial charge is 0.481 e. The molecular formula is C16H23NO4S. The summed E-state index contributed by atoms with van der Waals surface area (Å²) in [5, 5.41) is 11.8. The number of ether oxygens (including phenoxy) is 1. The number of carbonyl (C=O) groups excluding carboxylic acids is 1. The summed E-state index contributed by atoms with van der Waals surface area (Å²) in [4.78, 5) is 24.1. The number of benzene rings is 1. The number of amides is 1. The topological polar surface area (TPSA) is 75.6 Å². The van der Waals surface area contributed by atoms with Gasteiger partial charge in [0.05, 0.1) is 5.92 Å². The third-order valence-electron chi connectivity index (χ3n) is 2.86. The predicted octanol–water partition coefficient (Wildman–Crippen LogP) is 3.18. The molecule has 0 unspecified atom stereocenters. The molecule has 0 heterocycles. The van der Waals surface area contributed by atoms with Crippen LogP contribution in [0, 0.1) is 5.92 Å². The minimum Gasteiger partial charge on any atom is -0.481 e. The molecule has 1 aromatic rings. The van der Waals surface area contributed by atoms with Gasteiger partial charge in [-0.25, -0.2) is 4.79 Å². The normalized spacial score (nSPS) is 12.5. The van der Waals surface area contributed by atoms with Crippen LogP contribution in [0.4, 0.5) is 4.79 Å². The highest BCUT2D eigenvalue weighted by Gasteiger charge is 2.21. The van der Waals surface area contributed by atoms with Crippen molar-refractivity contribution in [2.24, 2.45) is 5.92 Å². The SMILES string of the molecule is CSc1cccc(C[C@@H](CNC(=O)OC(C)(C)C)C(=O)O)c1. The lowest BCUT2D eigenvalue weighted by Gasteiger charge is -2.21. The van der Waals surface area contributed by atoms with E-state index in [1.807, 2.05) is 30.5 Å². The van der Waals surface area contributed by atoms with Gasteiger partial charge in [0.25, 0.3) is 0 Å². The molecule has 5 nitrogen and oxygen atoms in total. The fraction of sp³-hybridized carbons (Fsp3) is 0.500. The number of aliphatic carboxylic acids is 1. The summed E-state index contributed by atoms with van der Waals surface area (Å²) in [6, 6.07) is 7.74. The second-order valence-corrected chi connectivity index (χ2v) is 6.85. The van der Waals surface area contributed by atoms with Crippen molar-refractivity contribution in [2.45, 2.75) is 37.7 Å². The lowest BCUT2D eigenvalue weighted by molar-refractivity contribution is -0.141. The minimum atomic E-state index is -0.939. The third-order valence-corrected chi connectivity index (χ3v) is 3.58. The molecule has 1 amide bonds. The zero-order valence-corrected chi connectivity index (χ0v) is 14.2. The Balaban J connectivity index is 2.62. The Labute approximate surface area is 135 Å². The summed E-state index contributed by atoms with van der Waals surface area (Å²) in [6.45, 7) is 5.31. The molecule has 2 N–H and O–H groups in total. The molecule has 0 aliphatic heterocycles. The van der Waals surface area contributed by atoms with Gasteiger partial charge >= 0.3 is 12.1 Å². The summed E-state index contributed by atoms with van der Waals surface area (Å²) in [6.07, 6.45) is 1.73. The van der Waals surface area contributed by atoms with Crippen LogP contribution < -0.4 is 5.32 Å². The lowest BCUT2D eigenvalue weighted by atomic mass is 9.99. The van der Waals surface area contributed by atoms with Crippen LogP contribution in [0.25, 0.3) is 0 Å². The Bertz CT molecular complexity index is 525. The number of carboxylic acid groups (broad SMARTS) is 1. The second kappa shape index (κ2) is 8.08. The van der Waals surface area contributed by atoms with E-state index in [-0.39, 0.29) is 6.54 Å². The van der Waals surface area contributed by atoms with Gasteiger partial charge in [-0.2, -0.15) is 0 Å². The fourth-order valence-corrected chi connectivity index (χ4v) is 2.34. The zero-order chi connectivity index (χ0) is 16.8. The predicted molar refractivity (Wildman–Crippen MR) is 87.3 cm³/mol. The first kappa shape index (κ1) is 18.4. The van der Waals surface area contributed by atoms with Gasteiger partial charge in [0.1, 0.15) is 5.60 Å². The minimum absolute atomic E-state index is 0.0355. The van der Waals surface area contributed by atoms with E-state index in [1.54, 1.807) is 32.5 Å². The number of alkyl carbamates (subject to hydrolysis) is 1. The van der Waals surface area contributed by atoms with Crippen LogP contribution in [0.5, 0.6) is 0 Å². The molecular weight excluding hydrogens is 302 g/mol. The summed E-state index contributed by atoms with van der Waals surface area (Å²) < 4.78 is 5.11. The highest BCUT2D eigenvalue weighted by Crippen LogP contribution is 2.18. The molecule has 0 aliphatic carbocycles. The van der Waals surface area contributed by atoms with Crippen LogP contribution in [0.3, 0.4) is 0 Å². The van der Waals surface area contributed by atoms with Crippen molar-refractivity contribution in [3.63, 3.8) is 0 Å². The molecule has 1 atom stereocenters. The molecule has 1 rings (SSSR count). The number of carboxylic acids is 1. The first-order valence-electron chi connectivity index (χ1n) is 7.04. The van der Waals surface area contributed by atoms with E-state index in [9.17, 15) is 14.7 Å². The third kappa shape index (κ3) is 6.85. The summed E-state index contributed by atoms with van der Waals surface area (Å²) in [5.41, 5.74) is 0.334. The van der Waals surface area contributed by atoms with Crippen LogP contribution >= 0.6 is 11.8 Å². The fourth-order valence-electron chi connectivity index (χ4n) is 1.85. The number of nitrogens with one attached hydrogen (secondary N) is 1. The summed E-state index contributed by atoms with van der Waals surface area (Å²) in [7, 11) is 0. The first-order valence-corrected chi connectivity index (χ1v) is 8.26. The van der Waals surface area contributed by atoms with E-state index in [2.05, 4.69) is 5.32 Å². The average Bonchev–Trinajstić information content (AvgIpc) is 2.41. The monoisotopic (exact) mass is 325 g/mol. The van der Waals surface area contributed by atoms with Crippen molar-refractivity contribution in [2.75, 3.05) is 12.8 Å². The lowest BCUT2D eigenvalue weighted by Crippen LogP contribution is -2.37. The Morgan fingerprint density at radius 1 is 1.36 bits per heavy atom. The maximum absolute atomic E-state index is 11.6. The summed E-state index contributed by atoms with van der Waals surface area (Å²) in [5.74, 6) is -1.63. The molecule has 22 heavy (non-hydrogen) atoms. The van der Waals surface area contributed by atoms with Gasteiger partial charge in [-0.3, -0.25) is 4.79 Å². The first-order chi connectivity index (χ1) is 10.2. The van der Waals surface area contributed by atoms with Crippen LogP contribution in [0.1, 0.15) is 26.3 Å². The van der Waals surface area contributed by atoms with E-state index in [1.165, 1.54) is 0 Å². The van der Waals surface area contributed by atoms with Crippen molar-refractivity contribution < 1.29 is 19.4 Å². The van der Waals surface area contributed by atoms with Gasteiger partial charge in [0.2, 0.25) is 0 Å². The Morgan fingerprint density at radius 2 is 2.05 bits per heavy atom. The maximum atomic E-state index is 11.6. The van der Waals surface area contributed by atoms with Crippen LogP contribution in [-0.4, -0.2) is 35.6 Å². The number of hydrogen-bond donors (Lipinski definition) is 2. The highest BCUT2D eigenvalue weighted by molar-refractivity contribution is 7.98. The van der Waals surface area contributed by atoms with E-state index >= 15 is 0 Å². The van der Waals surface area contributed by atoms with Crippen molar-refractivity contribution in [1.29, 1.82) is 0 Å². The van der Waals surface area contributed by atoms with Gasteiger partial charge in [-0.15, -0.1) is 11.8 Å². The average molecular weight is 325 g/mol. The number of thioether (sulfide) groups is 1. The van der Waals surface area contributed by atoms with Crippen molar-refractivity contribution in [3.05, 3.63) is 29.8 Å². The molecule has 0 saturated carbocycles. The quantitative estimate of drug-likeness (QED) is 0.786. The van der Waals surface area contributed by atoms with Crippen LogP contribution in [-0.2, 0) is 16.0 Å². The molecule has 6 heteroatoms. The molecule has 0 spiro atoms. The van der Waals surface area contributed by atoms with Gasteiger partial charge in [0, 0.05) is 11.4 Å². The van der Waals surface area contributed by atoms with Crippen molar-refractivity contribution in [1.82, 2.24) is 5.32 Å². The van der Waals surface area contributed by atoms with Gasteiger partial charge in [0.15, 0.2) is 0 Å². The van der Waals surface area contributed by atoms with E-state index in [4.69, 9.17) is 4.74 Å². The van der Waals surface area contributed by atoms with Crippen LogP contribution in [0.15, 0.2) is 29.2 Å². The van der Waals surface area contributed by atoms with Crippen LogP contribution in [0.2, 0.25) is 0 Å². The van der Waals surface area contributed by atoms with Crippen molar-refractivity contribution >= 4 is 23.8 Å². The molecule has 0 radical (unpaired) electrons. The molecule has 0 bridgehead atoms. The van der Waals surface area contributed by atoms with Gasteiger partial charge in [-0.1, -0.05) is 12.1 Å². The Morgan fingerprint density at radius 3 is 2.59 bits per heavy atom. The molecule has 0 saturated heterocycles. The standard InChI is InChI=1S/C16H23NO4S/c1-16(2,3)21-15(20)17-10-12(14(18)19)8-11-6-5-7-13(9-11)22-4/h5-7,9,12H,8,10H2,1-4H3,(H,17,20)(H,18,19)/t12-/m0/s1. The molecule has 1 aromatic carbocycles. The van der Waals surface area contributed by atoms with E-state index < -0.39 is 23.6 Å². The van der Waals surface area contributed by atoms with Gasteiger partial charge in [-0.05, 0) is 51.1 Å². The maximum Gasteiger partial charge on any atom is 0.407 e. The van der Waals surface area contributed by atoms with Crippen molar-refractivity contribution in [3.8, 4) is 0 Å². The number of rotatable bonds is 6. The molecule has 0 fully saturated rings. The number of hydrogen-bond acceptors (Lipinski definition) is 4. The Kier molecular flexibility index (Phi) is 6.74.